The molecule has 0 aliphatic carbocycles. The van der Waals surface area contributed by atoms with E-state index in [1.54, 1.807) is 14.2 Å². The summed E-state index contributed by atoms with van der Waals surface area (Å²) in [6.45, 7) is 0.451. The molecule has 0 spiro atoms. The zero-order chi connectivity index (χ0) is 15.0. The summed E-state index contributed by atoms with van der Waals surface area (Å²) in [4.78, 5) is 11.4. The van der Waals surface area contributed by atoms with Crippen LogP contribution in [-0.4, -0.2) is 37.7 Å². The fourth-order valence-electron chi connectivity index (χ4n) is 1.64. The molecule has 0 unspecified atom stereocenters. The maximum atomic E-state index is 11.4. The van der Waals surface area contributed by atoms with E-state index in [1.807, 2.05) is 18.2 Å². The van der Waals surface area contributed by atoms with Crippen molar-refractivity contribution in [3.05, 3.63) is 23.8 Å². The molecule has 0 saturated carbocycles. The monoisotopic (exact) mass is 281 g/mol. The topological polar surface area (TPSA) is 106 Å². The summed E-state index contributed by atoms with van der Waals surface area (Å²) in [7, 11) is 3.14. The zero-order valence-electron chi connectivity index (χ0n) is 11.5. The quantitative estimate of drug-likeness (QED) is 0.292. The average Bonchev–Trinajstić information content (AvgIpc) is 2.46. The molecule has 0 aliphatic rings. The Balaban J connectivity index is 2.48. The van der Waals surface area contributed by atoms with Crippen LogP contribution in [0.4, 0.5) is 0 Å². The fourth-order valence-corrected chi connectivity index (χ4v) is 1.64. The maximum Gasteiger partial charge on any atom is 0.227 e. The Kier molecular flexibility index (Phi) is 6.15. The van der Waals surface area contributed by atoms with E-state index in [4.69, 9.17) is 20.4 Å². The lowest BCUT2D eigenvalue weighted by molar-refractivity contribution is -0.119. The van der Waals surface area contributed by atoms with Gasteiger partial charge in [0, 0.05) is 6.54 Å². The third kappa shape index (κ3) is 4.68. The van der Waals surface area contributed by atoms with Crippen molar-refractivity contribution in [3.63, 3.8) is 0 Å². The summed E-state index contributed by atoms with van der Waals surface area (Å²) in [5.41, 5.74) is 6.24. The van der Waals surface area contributed by atoms with Crippen LogP contribution in [0, 0.1) is 0 Å². The number of carbonyl (C=O) groups is 1. The summed E-state index contributed by atoms with van der Waals surface area (Å²) < 4.78 is 10.3. The third-order valence-electron chi connectivity index (χ3n) is 2.65. The molecular weight excluding hydrogens is 262 g/mol. The van der Waals surface area contributed by atoms with Crippen LogP contribution in [0.1, 0.15) is 12.0 Å². The SMILES string of the molecule is COc1ccc(CCNC(=O)C/C(N)=N\O)cc1OC. The highest BCUT2D eigenvalue weighted by Crippen LogP contribution is 2.27. The van der Waals surface area contributed by atoms with Gasteiger partial charge in [0.1, 0.15) is 5.84 Å². The fraction of sp³-hybridized carbons (Fsp3) is 0.385. The second-order valence-corrected chi connectivity index (χ2v) is 4.06. The molecule has 0 aromatic heterocycles. The Morgan fingerprint density at radius 3 is 2.65 bits per heavy atom. The van der Waals surface area contributed by atoms with Gasteiger partial charge in [-0.3, -0.25) is 4.79 Å². The third-order valence-corrected chi connectivity index (χ3v) is 2.65. The Labute approximate surface area is 117 Å². The molecule has 20 heavy (non-hydrogen) atoms. The molecule has 0 fully saturated rings. The van der Waals surface area contributed by atoms with Gasteiger partial charge in [0.05, 0.1) is 20.6 Å². The molecule has 110 valence electrons. The van der Waals surface area contributed by atoms with Crippen LogP contribution in [0.15, 0.2) is 23.4 Å². The number of ether oxygens (including phenoxy) is 2. The molecular formula is C13H19N3O4. The standard InChI is InChI=1S/C13H19N3O4/c1-19-10-4-3-9(7-11(10)20-2)5-6-15-13(17)8-12(14)16-18/h3-4,7,18H,5-6,8H2,1-2H3,(H2,14,16)(H,15,17). The summed E-state index contributed by atoms with van der Waals surface area (Å²) in [6.07, 6.45) is 0.519. The first-order valence-corrected chi connectivity index (χ1v) is 6.04. The van der Waals surface area contributed by atoms with Crippen molar-refractivity contribution in [3.8, 4) is 11.5 Å². The lowest BCUT2D eigenvalue weighted by Crippen LogP contribution is -2.30. The van der Waals surface area contributed by atoms with Crippen molar-refractivity contribution in [2.75, 3.05) is 20.8 Å². The molecule has 1 aromatic carbocycles. The largest absolute Gasteiger partial charge is 0.493 e. The van der Waals surface area contributed by atoms with E-state index in [9.17, 15) is 4.79 Å². The molecule has 7 heteroatoms. The lowest BCUT2D eigenvalue weighted by Gasteiger charge is -2.10. The molecule has 0 radical (unpaired) electrons. The first-order chi connectivity index (χ1) is 9.60. The second-order valence-electron chi connectivity index (χ2n) is 4.06. The van der Waals surface area contributed by atoms with Gasteiger partial charge < -0.3 is 25.7 Å². The number of amides is 1. The van der Waals surface area contributed by atoms with Crippen molar-refractivity contribution < 1.29 is 19.5 Å². The zero-order valence-corrected chi connectivity index (χ0v) is 11.5. The maximum absolute atomic E-state index is 11.4. The Hall–Kier alpha value is -2.44. The van der Waals surface area contributed by atoms with Crippen LogP contribution in [0.25, 0.3) is 0 Å². The minimum absolute atomic E-state index is 0.117. The number of nitrogens with two attached hydrogens (primary N) is 1. The van der Waals surface area contributed by atoms with Gasteiger partial charge in [0.15, 0.2) is 11.5 Å². The van der Waals surface area contributed by atoms with Gasteiger partial charge in [0.25, 0.3) is 0 Å². The number of rotatable bonds is 7. The molecule has 4 N–H and O–H groups in total. The van der Waals surface area contributed by atoms with Crippen LogP contribution >= 0.6 is 0 Å². The Morgan fingerprint density at radius 2 is 2.05 bits per heavy atom. The molecule has 0 aliphatic heterocycles. The van der Waals surface area contributed by atoms with Gasteiger partial charge in [-0.25, -0.2) is 0 Å². The minimum atomic E-state index is -0.291. The van der Waals surface area contributed by atoms with Crippen LogP contribution in [0.3, 0.4) is 0 Å². The summed E-state index contributed by atoms with van der Waals surface area (Å²) in [5, 5.41) is 13.8. The van der Waals surface area contributed by atoms with E-state index in [0.717, 1.165) is 5.56 Å². The first kappa shape index (κ1) is 15.6. The summed E-state index contributed by atoms with van der Waals surface area (Å²) in [6, 6.07) is 5.57. The predicted molar refractivity (Wildman–Crippen MR) is 74.3 cm³/mol. The number of carbonyl (C=O) groups excluding carboxylic acids is 1. The Morgan fingerprint density at radius 1 is 1.35 bits per heavy atom. The lowest BCUT2D eigenvalue weighted by atomic mass is 10.1. The van der Waals surface area contributed by atoms with Crippen molar-refractivity contribution in [1.82, 2.24) is 5.32 Å². The van der Waals surface area contributed by atoms with E-state index >= 15 is 0 Å². The van der Waals surface area contributed by atoms with Crippen LogP contribution in [0.2, 0.25) is 0 Å². The number of hydrogen-bond acceptors (Lipinski definition) is 5. The number of methoxy groups -OCH3 is 2. The smallest absolute Gasteiger partial charge is 0.227 e. The van der Waals surface area contributed by atoms with Gasteiger partial charge in [-0.05, 0) is 24.1 Å². The predicted octanol–water partition coefficient (Wildman–Crippen LogP) is 0.499. The molecule has 0 heterocycles. The van der Waals surface area contributed by atoms with Crippen LogP contribution < -0.4 is 20.5 Å². The van der Waals surface area contributed by atoms with Crippen LogP contribution in [0.5, 0.6) is 11.5 Å². The summed E-state index contributed by atoms with van der Waals surface area (Å²) in [5.74, 6) is 0.898. The van der Waals surface area contributed by atoms with Gasteiger partial charge in [0.2, 0.25) is 5.91 Å². The number of amidine groups is 1. The minimum Gasteiger partial charge on any atom is -0.493 e. The highest BCUT2D eigenvalue weighted by molar-refractivity contribution is 5.98. The van der Waals surface area contributed by atoms with Gasteiger partial charge in [-0.15, -0.1) is 0 Å². The van der Waals surface area contributed by atoms with Gasteiger partial charge in [-0.1, -0.05) is 11.2 Å². The molecule has 1 amide bonds. The van der Waals surface area contributed by atoms with E-state index < -0.39 is 0 Å². The van der Waals surface area contributed by atoms with Gasteiger partial charge >= 0.3 is 0 Å². The van der Waals surface area contributed by atoms with E-state index in [2.05, 4.69) is 10.5 Å². The molecule has 1 rings (SSSR count). The number of oxime groups is 1. The normalized spacial score (nSPS) is 11.0. The second kappa shape index (κ2) is 7.88. The molecule has 0 saturated heterocycles. The first-order valence-electron chi connectivity index (χ1n) is 6.04. The van der Waals surface area contributed by atoms with Gasteiger partial charge in [-0.2, -0.15) is 0 Å². The highest BCUT2D eigenvalue weighted by Gasteiger charge is 2.06. The number of nitrogens with one attached hydrogen (secondary N) is 1. The average molecular weight is 281 g/mol. The van der Waals surface area contributed by atoms with Crippen LogP contribution in [-0.2, 0) is 11.2 Å². The number of benzene rings is 1. The molecule has 0 atom stereocenters. The van der Waals surface area contributed by atoms with E-state index in [-0.39, 0.29) is 18.2 Å². The number of hydrogen-bond donors (Lipinski definition) is 3. The van der Waals surface area contributed by atoms with Crippen molar-refractivity contribution >= 4 is 11.7 Å². The number of nitrogens with zero attached hydrogens (tertiary/aromatic N) is 1. The van der Waals surface area contributed by atoms with Crippen molar-refractivity contribution in [2.24, 2.45) is 10.9 Å². The van der Waals surface area contributed by atoms with E-state index in [1.165, 1.54) is 0 Å². The Bertz CT molecular complexity index is 489. The van der Waals surface area contributed by atoms with Crippen molar-refractivity contribution in [1.29, 1.82) is 0 Å². The van der Waals surface area contributed by atoms with E-state index in [0.29, 0.717) is 24.5 Å². The molecule has 1 aromatic rings. The highest BCUT2D eigenvalue weighted by atomic mass is 16.5. The summed E-state index contributed by atoms with van der Waals surface area (Å²) >= 11 is 0. The molecule has 0 bridgehead atoms. The van der Waals surface area contributed by atoms with Crippen molar-refractivity contribution in [2.45, 2.75) is 12.8 Å². The molecule has 7 nitrogen and oxygen atoms in total.